The molecule has 21 heavy (non-hydrogen) atoms. The molecule has 0 amide bonds. The molecule has 0 aromatic heterocycles. The van der Waals surface area contributed by atoms with Gasteiger partial charge in [0.05, 0.1) is 23.3 Å². The summed E-state index contributed by atoms with van der Waals surface area (Å²) in [6.45, 7) is 12.4. The van der Waals surface area contributed by atoms with Gasteiger partial charge < -0.3 is 14.8 Å². The zero-order chi connectivity index (χ0) is 15.4. The summed E-state index contributed by atoms with van der Waals surface area (Å²) >= 11 is 0. The summed E-state index contributed by atoms with van der Waals surface area (Å²) in [4.78, 5) is 4.66. The van der Waals surface area contributed by atoms with Crippen LogP contribution in [0.15, 0.2) is 52.7 Å². The lowest BCUT2D eigenvalue weighted by atomic mass is 10.2. The van der Waals surface area contributed by atoms with Crippen LogP contribution in [0.4, 0.5) is 0 Å². The molecular formula is C17H24N2O2. The van der Waals surface area contributed by atoms with E-state index in [0.29, 0.717) is 6.61 Å². The van der Waals surface area contributed by atoms with Crippen LogP contribution in [0.25, 0.3) is 0 Å². The van der Waals surface area contributed by atoms with E-state index in [0.717, 1.165) is 35.0 Å². The largest absolute Gasteiger partial charge is 0.492 e. The molecule has 1 N–H and O–H groups in total. The van der Waals surface area contributed by atoms with Crippen molar-refractivity contribution in [2.75, 3.05) is 6.61 Å². The van der Waals surface area contributed by atoms with Gasteiger partial charge in [0.2, 0.25) is 0 Å². The lowest BCUT2D eigenvalue weighted by Crippen LogP contribution is -2.29. The number of allylic oxidation sites excluding steroid dienone is 4. The van der Waals surface area contributed by atoms with Gasteiger partial charge in [-0.2, -0.15) is 0 Å². The first-order valence-corrected chi connectivity index (χ1v) is 7.37. The quantitative estimate of drug-likeness (QED) is 0.788. The predicted octanol–water partition coefficient (Wildman–Crippen LogP) is 3.45. The molecule has 0 saturated carbocycles. The van der Waals surface area contributed by atoms with Crippen LogP contribution in [0, 0.1) is 0 Å². The van der Waals surface area contributed by atoms with E-state index >= 15 is 0 Å². The van der Waals surface area contributed by atoms with E-state index in [9.17, 15) is 0 Å². The lowest BCUT2D eigenvalue weighted by molar-refractivity contribution is 0.140. The highest BCUT2D eigenvalue weighted by atomic mass is 16.5. The van der Waals surface area contributed by atoms with Crippen LogP contribution in [0.5, 0.6) is 0 Å². The van der Waals surface area contributed by atoms with Gasteiger partial charge in [-0.3, -0.25) is 4.99 Å². The maximum Gasteiger partial charge on any atom is 0.138 e. The van der Waals surface area contributed by atoms with Crippen molar-refractivity contribution < 1.29 is 9.47 Å². The Morgan fingerprint density at radius 3 is 2.95 bits per heavy atom. The molecule has 4 heteroatoms. The topological polar surface area (TPSA) is 42.9 Å². The summed E-state index contributed by atoms with van der Waals surface area (Å²) in [7, 11) is 0. The van der Waals surface area contributed by atoms with Crippen molar-refractivity contribution >= 4 is 5.71 Å². The zero-order valence-electron chi connectivity index (χ0n) is 13.3. The smallest absolute Gasteiger partial charge is 0.138 e. The number of nitrogens with zero attached hydrogens (tertiary/aromatic N) is 1. The van der Waals surface area contributed by atoms with Gasteiger partial charge in [-0.25, -0.2) is 0 Å². The minimum Gasteiger partial charge on any atom is -0.492 e. The summed E-state index contributed by atoms with van der Waals surface area (Å²) < 4.78 is 11.1. The van der Waals surface area contributed by atoms with Crippen LogP contribution >= 0.6 is 0 Å². The van der Waals surface area contributed by atoms with Gasteiger partial charge in [0, 0.05) is 17.5 Å². The number of aliphatic imine (C=N–C) groups is 1. The van der Waals surface area contributed by atoms with E-state index in [1.165, 1.54) is 0 Å². The molecule has 0 aromatic rings. The maximum absolute atomic E-state index is 5.69. The minimum absolute atomic E-state index is 0.0245. The van der Waals surface area contributed by atoms with Crippen molar-refractivity contribution in [3.05, 3.63) is 47.7 Å². The Balaban J connectivity index is 2.11. The molecular weight excluding hydrogens is 264 g/mol. The first kappa shape index (κ1) is 15.4. The van der Waals surface area contributed by atoms with Gasteiger partial charge >= 0.3 is 0 Å². The highest BCUT2D eigenvalue weighted by molar-refractivity contribution is 5.98. The van der Waals surface area contributed by atoms with E-state index in [1.54, 1.807) is 0 Å². The first-order chi connectivity index (χ1) is 9.97. The molecule has 2 heterocycles. The summed E-state index contributed by atoms with van der Waals surface area (Å²) in [6.07, 6.45) is 7.04. The van der Waals surface area contributed by atoms with Gasteiger partial charge in [0.15, 0.2) is 0 Å². The van der Waals surface area contributed by atoms with E-state index in [4.69, 9.17) is 9.47 Å². The molecule has 2 aliphatic heterocycles. The Morgan fingerprint density at radius 1 is 1.62 bits per heavy atom. The molecule has 0 fully saturated rings. The molecule has 0 radical (unpaired) electrons. The van der Waals surface area contributed by atoms with Crippen LogP contribution < -0.4 is 5.32 Å². The number of nitrogens with one attached hydrogen (secondary N) is 1. The average molecular weight is 288 g/mol. The second-order valence-electron chi connectivity index (χ2n) is 5.48. The molecule has 0 bridgehead atoms. The van der Waals surface area contributed by atoms with Crippen LogP contribution in [-0.2, 0) is 9.47 Å². The Hall–Kier alpha value is -1.97. The lowest BCUT2D eigenvalue weighted by Gasteiger charge is -2.16. The summed E-state index contributed by atoms with van der Waals surface area (Å²) in [5, 5.41) is 3.41. The third-order valence-corrected chi connectivity index (χ3v) is 3.36. The fraction of sp³-hybridized carbons (Fsp3) is 0.471. The molecule has 2 rings (SSSR count). The molecule has 114 valence electrons. The van der Waals surface area contributed by atoms with Crippen molar-refractivity contribution in [3.8, 4) is 0 Å². The second-order valence-corrected chi connectivity index (χ2v) is 5.48. The highest BCUT2D eigenvalue weighted by Gasteiger charge is 2.23. The van der Waals surface area contributed by atoms with E-state index in [-0.39, 0.29) is 12.1 Å². The second kappa shape index (κ2) is 6.66. The van der Waals surface area contributed by atoms with Crippen molar-refractivity contribution in [2.24, 2.45) is 4.99 Å². The zero-order valence-corrected chi connectivity index (χ0v) is 13.3. The Labute approximate surface area is 126 Å². The molecule has 2 atom stereocenters. The summed E-state index contributed by atoms with van der Waals surface area (Å²) in [6, 6.07) is 0.232. The fourth-order valence-corrected chi connectivity index (χ4v) is 2.32. The molecule has 0 spiro atoms. The van der Waals surface area contributed by atoms with Gasteiger partial charge in [-0.05, 0) is 39.3 Å². The van der Waals surface area contributed by atoms with Crippen LogP contribution in [0.2, 0.25) is 0 Å². The molecule has 2 aliphatic rings. The highest BCUT2D eigenvalue weighted by Crippen LogP contribution is 2.19. The predicted molar refractivity (Wildman–Crippen MR) is 85.9 cm³/mol. The third-order valence-electron chi connectivity index (χ3n) is 3.36. The SMILES string of the molecule is C=C(C)OC1C=C(/C=C(/CC)N=C2C=C(C)OC2)NC1C. The normalized spacial score (nSPS) is 27.0. The number of hydrogen-bond acceptors (Lipinski definition) is 4. The van der Waals surface area contributed by atoms with Crippen molar-refractivity contribution in [1.82, 2.24) is 5.32 Å². The number of ether oxygens (including phenoxy) is 2. The van der Waals surface area contributed by atoms with Gasteiger partial charge in [0.1, 0.15) is 12.7 Å². The molecule has 4 nitrogen and oxygen atoms in total. The Kier molecular flexibility index (Phi) is 4.89. The van der Waals surface area contributed by atoms with Crippen molar-refractivity contribution in [1.29, 1.82) is 0 Å². The fourth-order valence-electron chi connectivity index (χ4n) is 2.32. The van der Waals surface area contributed by atoms with Crippen molar-refractivity contribution in [3.63, 3.8) is 0 Å². The molecule has 0 aliphatic carbocycles. The Bertz CT molecular complexity index is 541. The number of rotatable bonds is 5. The summed E-state index contributed by atoms with van der Waals surface area (Å²) in [5.74, 6) is 1.65. The Morgan fingerprint density at radius 2 is 2.38 bits per heavy atom. The van der Waals surface area contributed by atoms with Crippen molar-refractivity contribution in [2.45, 2.75) is 46.3 Å². The van der Waals surface area contributed by atoms with Crippen LogP contribution in [0.1, 0.15) is 34.1 Å². The molecule has 0 aromatic carbocycles. The number of hydrogen-bond donors (Lipinski definition) is 1. The van der Waals surface area contributed by atoms with E-state index < -0.39 is 0 Å². The van der Waals surface area contributed by atoms with Crippen LogP contribution in [-0.4, -0.2) is 24.5 Å². The van der Waals surface area contributed by atoms with Gasteiger partial charge in [0.25, 0.3) is 0 Å². The maximum atomic E-state index is 5.69. The average Bonchev–Trinajstić information content (AvgIpc) is 2.95. The molecule has 0 saturated heterocycles. The monoisotopic (exact) mass is 288 g/mol. The van der Waals surface area contributed by atoms with E-state index in [1.807, 2.05) is 19.9 Å². The van der Waals surface area contributed by atoms with Gasteiger partial charge in [-0.15, -0.1) is 0 Å². The standard InChI is InChI=1S/C17H24N2O2/c1-6-14(19-16-7-12(4)20-10-16)8-15-9-17(13(5)18-15)21-11(2)3/h7-9,13,17-18H,2,6,10H2,1,3-5H3/b14-8-,19-16?. The van der Waals surface area contributed by atoms with E-state index in [2.05, 4.69) is 42.9 Å². The third kappa shape index (κ3) is 4.25. The van der Waals surface area contributed by atoms with Crippen LogP contribution in [0.3, 0.4) is 0 Å². The summed E-state index contributed by atoms with van der Waals surface area (Å²) in [5.41, 5.74) is 3.05. The van der Waals surface area contributed by atoms with Gasteiger partial charge in [-0.1, -0.05) is 13.5 Å². The molecule has 2 unspecified atom stereocenters. The first-order valence-electron chi connectivity index (χ1n) is 7.37. The minimum atomic E-state index is 0.0245.